The molecule has 0 amide bonds. The monoisotopic (exact) mass is 308 g/mol. The largest absolute Gasteiger partial charge is 0.465 e. The molecule has 0 aliphatic rings. The Balaban J connectivity index is 3.80. The maximum atomic E-state index is 12.6. The summed E-state index contributed by atoms with van der Waals surface area (Å²) < 4.78 is 41.9. The molecule has 0 saturated heterocycles. The van der Waals surface area contributed by atoms with E-state index in [0.717, 1.165) is 32.4 Å². The van der Waals surface area contributed by atoms with E-state index in [9.17, 15) is 18.0 Å². The minimum absolute atomic E-state index is 0.264. The molecule has 0 aromatic carbocycles. The number of rotatable bonds is 11. The van der Waals surface area contributed by atoms with Gasteiger partial charge in [0.1, 0.15) is 5.57 Å². The average molecular weight is 308 g/mol. The molecule has 0 aliphatic carbocycles. The highest BCUT2D eigenvalue weighted by molar-refractivity contribution is 5.89. The van der Waals surface area contributed by atoms with Crippen LogP contribution >= 0.6 is 0 Å². The van der Waals surface area contributed by atoms with Gasteiger partial charge in [0.2, 0.25) is 0 Å². The van der Waals surface area contributed by atoms with E-state index in [2.05, 4.69) is 11.7 Å². The van der Waals surface area contributed by atoms with Gasteiger partial charge in [0, 0.05) is 0 Å². The molecule has 5 heteroatoms. The maximum absolute atomic E-state index is 12.6. The fraction of sp³-hybridized carbons (Fsp3) is 0.812. The van der Waals surface area contributed by atoms with E-state index in [1.165, 1.54) is 32.1 Å². The lowest BCUT2D eigenvalue weighted by Crippen LogP contribution is -2.21. The molecule has 0 spiro atoms. The highest BCUT2D eigenvalue weighted by Crippen LogP contribution is 2.27. The first-order valence-corrected chi connectivity index (χ1v) is 7.79. The number of hydrogen-bond donors (Lipinski definition) is 0. The van der Waals surface area contributed by atoms with Crippen LogP contribution in [0.15, 0.2) is 11.6 Å². The minimum atomic E-state index is -4.63. The van der Waals surface area contributed by atoms with Gasteiger partial charge in [-0.05, 0) is 12.8 Å². The van der Waals surface area contributed by atoms with Gasteiger partial charge in [-0.3, -0.25) is 0 Å². The second-order valence-corrected chi connectivity index (χ2v) is 5.22. The highest BCUT2D eigenvalue weighted by Gasteiger charge is 2.38. The van der Waals surface area contributed by atoms with Crippen LogP contribution in [-0.2, 0) is 9.53 Å². The van der Waals surface area contributed by atoms with E-state index in [0.29, 0.717) is 6.42 Å². The highest BCUT2D eigenvalue weighted by atomic mass is 19.4. The Morgan fingerprint density at radius 2 is 1.43 bits per heavy atom. The third kappa shape index (κ3) is 10.4. The lowest BCUT2D eigenvalue weighted by molar-refractivity contribution is -0.148. The Labute approximate surface area is 125 Å². The van der Waals surface area contributed by atoms with Crippen LogP contribution in [0.5, 0.6) is 0 Å². The number of carbonyl (C=O) groups excluding carboxylic acids is 1. The zero-order chi connectivity index (χ0) is 16.1. The topological polar surface area (TPSA) is 26.3 Å². The summed E-state index contributed by atoms with van der Waals surface area (Å²) in [6.45, 7) is 2.18. The number of carbonyl (C=O) groups is 1. The van der Waals surface area contributed by atoms with Crippen molar-refractivity contribution in [3.8, 4) is 0 Å². The summed E-state index contributed by atoms with van der Waals surface area (Å²) in [7, 11) is 0.959. The molecule has 124 valence electrons. The van der Waals surface area contributed by atoms with Crippen LogP contribution in [0, 0.1) is 0 Å². The van der Waals surface area contributed by atoms with Gasteiger partial charge in [0.05, 0.1) is 7.11 Å². The van der Waals surface area contributed by atoms with Crippen molar-refractivity contribution in [2.45, 2.75) is 77.3 Å². The molecule has 0 bridgehead atoms. The zero-order valence-electron chi connectivity index (χ0n) is 13.1. The van der Waals surface area contributed by atoms with Crippen molar-refractivity contribution in [1.82, 2.24) is 0 Å². The molecule has 0 atom stereocenters. The fourth-order valence-electron chi connectivity index (χ4n) is 2.13. The summed E-state index contributed by atoms with van der Waals surface area (Å²) in [5, 5.41) is 0. The number of unbranched alkanes of at least 4 members (excludes halogenated alkanes) is 9. The quantitative estimate of drug-likeness (QED) is 0.283. The van der Waals surface area contributed by atoms with Gasteiger partial charge < -0.3 is 4.74 Å². The Hall–Kier alpha value is -1.00. The number of ether oxygens (including phenoxy) is 1. The molecule has 0 aromatic heterocycles. The molecule has 21 heavy (non-hydrogen) atoms. The molecule has 2 nitrogen and oxygen atoms in total. The number of esters is 1. The number of hydrogen-bond acceptors (Lipinski definition) is 2. The Bertz CT molecular complexity index is 309. The van der Waals surface area contributed by atoms with E-state index in [1.54, 1.807) is 0 Å². The van der Waals surface area contributed by atoms with E-state index in [1.807, 2.05) is 0 Å². The molecule has 0 rings (SSSR count). The van der Waals surface area contributed by atoms with Gasteiger partial charge in [-0.2, -0.15) is 13.2 Å². The molecule has 0 aromatic rings. The smallest absolute Gasteiger partial charge is 0.423 e. The van der Waals surface area contributed by atoms with Gasteiger partial charge in [0.25, 0.3) is 0 Å². The number of halogens is 3. The van der Waals surface area contributed by atoms with Crippen molar-refractivity contribution in [2.24, 2.45) is 0 Å². The summed E-state index contributed by atoms with van der Waals surface area (Å²) in [5.41, 5.74) is -1.19. The van der Waals surface area contributed by atoms with Crippen molar-refractivity contribution >= 4 is 5.97 Å². The van der Waals surface area contributed by atoms with Gasteiger partial charge in [0.15, 0.2) is 0 Å². The van der Waals surface area contributed by atoms with Crippen LogP contribution in [0.2, 0.25) is 0 Å². The molecular formula is C16H27F3O2. The van der Waals surface area contributed by atoms with Gasteiger partial charge in [-0.15, -0.1) is 0 Å². The Kier molecular flexibility index (Phi) is 11.1. The second-order valence-electron chi connectivity index (χ2n) is 5.22. The third-order valence-electron chi connectivity index (χ3n) is 3.37. The third-order valence-corrected chi connectivity index (χ3v) is 3.37. The minimum Gasteiger partial charge on any atom is -0.465 e. The predicted molar refractivity (Wildman–Crippen MR) is 78.0 cm³/mol. The molecule has 0 aliphatic heterocycles. The molecule has 0 unspecified atom stereocenters. The standard InChI is InChI=1S/C16H27F3O2/c1-3-4-5-6-7-8-9-10-11-12-13-14(15(20)21-2)16(17,18)19/h13H,3-12H2,1-2H3/b14-13-. The maximum Gasteiger partial charge on any atom is 0.423 e. The molecule has 0 heterocycles. The predicted octanol–water partition coefficient (Wildman–Crippen LogP) is 5.57. The number of allylic oxidation sites excluding steroid dienone is 1. The lowest BCUT2D eigenvalue weighted by Gasteiger charge is -2.09. The van der Waals surface area contributed by atoms with Crippen LogP contribution in [0.25, 0.3) is 0 Å². The van der Waals surface area contributed by atoms with Gasteiger partial charge in [-0.25, -0.2) is 4.79 Å². The van der Waals surface area contributed by atoms with E-state index in [4.69, 9.17) is 0 Å². The zero-order valence-corrected chi connectivity index (χ0v) is 13.1. The van der Waals surface area contributed by atoms with Crippen molar-refractivity contribution in [1.29, 1.82) is 0 Å². The first-order chi connectivity index (χ1) is 9.93. The Morgan fingerprint density at radius 3 is 1.86 bits per heavy atom. The molecule has 0 saturated carbocycles. The summed E-state index contributed by atoms with van der Waals surface area (Å²) in [5.74, 6) is -1.31. The van der Waals surface area contributed by atoms with Crippen molar-refractivity contribution in [3.63, 3.8) is 0 Å². The summed E-state index contributed by atoms with van der Waals surface area (Å²) in [4.78, 5) is 11.0. The van der Waals surface area contributed by atoms with Crippen LogP contribution in [-0.4, -0.2) is 19.3 Å². The van der Waals surface area contributed by atoms with Crippen molar-refractivity contribution in [3.05, 3.63) is 11.6 Å². The van der Waals surface area contributed by atoms with Crippen LogP contribution in [0.1, 0.15) is 71.1 Å². The van der Waals surface area contributed by atoms with Crippen LogP contribution in [0.3, 0.4) is 0 Å². The average Bonchev–Trinajstić information content (AvgIpc) is 2.42. The SMILES string of the molecule is CCCCCCCCCCC/C=C(/C(=O)OC)C(F)(F)F. The Morgan fingerprint density at radius 1 is 0.952 bits per heavy atom. The van der Waals surface area contributed by atoms with E-state index in [-0.39, 0.29) is 6.42 Å². The summed E-state index contributed by atoms with van der Waals surface area (Å²) >= 11 is 0. The normalized spacial score (nSPS) is 12.5. The molecule has 0 radical (unpaired) electrons. The van der Waals surface area contributed by atoms with Crippen LogP contribution < -0.4 is 0 Å². The van der Waals surface area contributed by atoms with E-state index >= 15 is 0 Å². The van der Waals surface area contributed by atoms with E-state index < -0.39 is 17.7 Å². The van der Waals surface area contributed by atoms with Gasteiger partial charge >= 0.3 is 12.1 Å². The summed E-state index contributed by atoms with van der Waals surface area (Å²) in [6.07, 6.45) is 6.55. The van der Waals surface area contributed by atoms with Crippen molar-refractivity contribution < 1.29 is 22.7 Å². The lowest BCUT2D eigenvalue weighted by atomic mass is 10.1. The number of methoxy groups -OCH3 is 1. The first-order valence-electron chi connectivity index (χ1n) is 7.79. The van der Waals surface area contributed by atoms with Crippen molar-refractivity contribution in [2.75, 3.05) is 7.11 Å². The second kappa shape index (κ2) is 11.6. The molecule has 0 fully saturated rings. The van der Waals surface area contributed by atoms with Crippen LogP contribution in [0.4, 0.5) is 13.2 Å². The fourth-order valence-corrected chi connectivity index (χ4v) is 2.13. The molecule has 0 N–H and O–H groups in total. The molecular weight excluding hydrogens is 281 g/mol. The number of alkyl halides is 3. The summed E-state index contributed by atoms with van der Waals surface area (Å²) in [6, 6.07) is 0. The first kappa shape index (κ1) is 20.0. The van der Waals surface area contributed by atoms with Gasteiger partial charge in [-0.1, -0.05) is 64.4 Å².